The average Bonchev–Trinajstić information content (AvgIpc) is 3.46. The summed E-state index contributed by atoms with van der Waals surface area (Å²) in [5.41, 5.74) is 7.37. The molecule has 46 heavy (non-hydrogen) atoms. The zero-order valence-electron chi connectivity index (χ0n) is 26.6. The molecule has 9 heteroatoms. The number of halogens is 1. The first-order valence-electron chi connectivity index (χ1n) is 15.1. The van der Waals surface area contributed by atoms with Crippen LogP contribution in [0.1, 0.15) is 44.9 Å². The number of benzene rings is 3. The molecule has 0 amide bonds. The fourth-order valence-corrected chi connectivity index (χ4v) is 6.76. The average molecular weight is 651 g/mol. The largest absolute Gasteiger partial charge is 0.464 e. The van der Waals surface area contributed by atoms with Gasteiger partial charge in [-0.25, -0.2) is 14.8 Å². The van der Waals surface area contributed by atoms with Crippen molar-refractivity contribution in [3.8, 4) is 33.0 Å². The monoisotopic (exact) mass is 650 g/mol. The summed E-state index contributed by atoms with van der Waals surface area (Å²) in [6.07, 6.45) is 0.883. The predicted octanol–water partition coefficient (Wildman–Crippen LogP) is 9.66. The van der Waals surface area contributed by atoms with Gasteiger partial charge >= 0.3 is 5.97 Å². The molecular weight excluding hydrogens is 616 g/mol. The Labute approximate surface area is 277 Å². The molecule has 0 aliphatic rings. The Hall–Kier alpha value is -4.37. The second kappa shape index (κ2) is 12.8. The number of nitrogens with one attached hydrogen (secondary N) is 1. The minimum atomic E-state index is -0.931. The molecule has 1 atom stereocenters. The van der Waals surface area contributed by atoms with Crippen molar-refractivity contribution in [1.82, 2.24) is 15.0 Å². The van der Waals surface area contributed by atoms with Gasteiger partial charge in [-0.3, -0.25) is 4.98 Å². The van der Waals surface area contributed by atoms with Crippen molar-refractivity contribution >= 4 is 55.8 Å². The van der Waals surface area contributed by atoms with Crippen LogP contribution in [0.5, 0.6) is 0 Å². The molecule has 0 aliphatic heterocycles. The number of rotatable bonds is 8. The molecule has 1 N–H and O–H groups in total. The van der Waals surface area contributed by atoms with Crippen LogP contribution in [0.3, 0.4) is 0 Å². The number of thiazole rings is 1. The third-order valence-electron chi connectivity index (χ3n) is 7.54. The lowest BCUT2D eigenvalue weighted by molar-refractivity contribution is -0.166. The smallest absolute Gasteiger partial charge is 0.339 e. The maximum absolute atomic E-state index is 13.5. The van der Waals surface area contributed by atoms with Gasteiger partial charge in [0.2, 0.25) is 0 Å². The van der Waals surface area contributed by atoms with Crippen molar-refractivity contribution in [2.45, 2.75) is 46.3 Å². The van der Waals surface area contributed by atoms with Gasteiger partial charge in [0.1, 0.15) is 10.8 Å². The van der Waals surface area contributed by atoms with Crippen LogP contribution in [0.25, 0.3) is 54.1 Å². The summed E-state index contributed by atoms with van der Waals surface area (Å²) in [5, 5.41) is 5.59. The van der Waals surface area contributed by atoms with E-state index in [1.54, 1.807) is 18.3 Å². The number of fused-ring (bicyclic) bond motifs is 2. The molecule has 0 saturated carbocycles. The fraction of sp³-hybridized carbons (Fsp3) is 0.243. The molecule has 6 aromatic rings. The van der Waals surface area contributed by atoms with Crippen molar-refractivity contribution < 1.29 is 14.3 Å². The number of aryl methyl sites for hydroxylation is 1. The summed E-state index contributed by atoms with van der Waals surface area (Å²) in [6.45, 7) is 9.85. The molecule has 0 aliphatic carbocycles. The number of nitrogens with zero attached hydrogens (tertiary/aromatic N) is 3. The molecule has 0 radical (unpaired) electrons. The van der Waals surface area contributed by atoms with Crippen molar-refractivity contribution in [1.29, 1.82) is 0 Å². The van der Waals surface area contributed by atoms with Gasteiger partial charge in [0.05, 0.1) is 33.6 Å². The first-order valence-corrected chi connectivity index (χ1v) is 16.3. The Balaban J connectivity index is 1.51. The second-order valence-electron chi connectivity index (χ2n) is 12.0. The number of hydrogen-bond acceptors (Lipinski definition) is 8. The van der Waals surface area contributed by atoms with Gasteiger partial charge < -0.3 is 14.8 Å². The lowest BCUT2D eigenvalue weighted by atomic mass is 9.91. The van der Waals surface area contributed by atoms with Crippen molar-refractivity contribution in [3.05, 3.63) is 95.1 Å². The van der Waals surface area contributed by atoms with Crippen LogP contribution in [0, 0.1) is 6.92 Å². The van der Waals surface area contributed by atoms with Crippen molar-refractivity contribution in [2.75, 3.05) is 19.0 Å². The van der Waals surface area contributed by atoms with Crippen LogP contribution in [0.2, 0.25) is 5.02 Å². The highest BCUT2D eigenvalue weighted by Gasteiger charge is 2.33. The van der Waals surface area contributed by atoms with Crippen molar-refractivity contribution in [3.63, 3.8) is 0 Å². The molecule has 0 saturated heterocycles. The normalized spacial score (nSPS) is 12.4. The molecule has 3 heterocycles. The second-order valence-corrected chi connectivity index (χ2v) is 13.4. The van der Waals surface area contributed by atoms with Crippen molar-refractivity contribution in [2.24, 2.45) is 0 Å². The highest BCUT2D eigenvalue weighted by molar-refractivity contribution is 7.22. The summed E-state index contributed by atoms with van der Waals surface area (Å²) < 4.78 is 12.9. The molecule has 1 unspecified atom stereocenters. The molecule has 6 rings (SSSR count). The lowest BCUT2D eigenvalue weighted by Crippen LogP contribution is -2.29. The third kappa shape index (κ3) is 6.47. The Morgan fingerprint density at radius 1 is 0.935 bits per heavy atom. The lowest BCUT2D eigenvalue weighted by Gasteiger charge is -2.29. The zero-order valence-corrected chi connectivity index (χ0v) is 28.2. The molecule has 3 aromatic heterocycles. The van der Waals surface area contributed by atoms with Crippen LogP contribution < -0.4 is 5.32 Å². The molecule has 3 aromatic carbocycles. The van der Waals surface area contributed by atoms with E-state index in [4.69, 9.17) is 26.1 Å². The fourth-order valence-electron chi connectivity index (χ4n) is 5.52. The first-order chi connectivity index (χ1) is 22.0. The minimum absolute atomic E-state index is 0.250. The number of hydrogen-bond donors (Lipinski definition) is 1. The van der Waals surface area contributed by atoms with E-state index in [1.807, 2.05) is 95.5 Å². The summed E-state index contributed by atoms with van der Waals surface area (Å²) in [5.74, 6) is 0.400. The van der Waals surface area contributed by atoms with E-state index in [1.165, 1.54) is 0 Å². The van der Waals surface area contributed by atoms with Crippen LogP contribution in [-0.4, -0.2) is 40.2 Å². The minimum Gasteiger partial charge on any atom is -0.464 e. The number of carbonyl (C=O) groups is 1. The Kier molecular flexibility index (Phi) is 8.79. The molecule has 0 fully saturated rings. The zero-order chi connectivity index (χ0) is 32.6. The maximum Gasteiger partial charge on any atom is 0.339 e. The van der Waals surface area contributed by atoms with Gasteiger partial charge in [-0.05, 0) is 100 Å². The molecule has 0 bridgehead atoms. The van der Waals surface area contributed by atoms with E-state index in [0.29, 0.717) is 5.02 Å². The van der Waals surface area contributed by atoms with E-state index in [9.17, 15) is 4.79 Å². The number of pyridine rings is 2. The van der Waals surface area contributed by atoms with Gasteiger partial charge in [0.15, 0.2) is 6.10 Å². The number of anilines is 1. The molecular formula is C37H35ClN4O3S. The highest BCUT2D eigenvalue weighted by Crippen LogP contribution is 2.45. The molecule has 0 spiro atoms. The van der Waals surface area contributed by atoms with Gasteiger partial charge in [0.25, 0.3) is 0 Å². The number of ether oxygens (including phenoxy) is 2. The summed E-state index contributed by atoms with van der Waals surface area (Å²) in [7, 11) is 1.86. The Bertz CT molecular complexity index is 2070. The summed E-state index contributed by atoms with van der Waals surface area (Å²) in [4.78, 5) is 27.9. The summed E-state index contributed by atoms with van der Waals surface area (Å²) in [6, 6.07) is 23.9. The van der Waals surface area contributed by atoms with Crippen LogP contribution in [0.15, 0.2) is 79.0 Å². The van der Waals surface area contributed by atoms with Crippen LogP contribution in [-0.2, 0) is 14.3 Å². The number of esters is 1. The third-order valence-corrected chi connectivity index (χ3v) is 8.93. The topological polar surface area (TPSA) is 86.2 Å². The maximum atomic E-state index is 13.5. The Morgan fingerprint density at radius 2 is 1.70 bits per heavy atom. The number of carbonyl (C=O) groups excluding carboxylic acids is 1. The standard InChI is InChI=1S/C37H35ClN4O3S/c1-7-44-36(43)33(45-37(3,4)5)31-21(2)18-29-34(32(31)22-8-12-26(38)13-9-22)46-35(42-29)25-16-17-40-28(20-25)24-10-14-27-23(19-24)11-15-30(39-6)41-27/h8-20,33H,7H2,1-6H3,(H,39,41). The van der Waals surface area contributed by atoms with Gasteiger partial charge in [-0.1, -0.05) is 29.8 Å². The van der Waals surface area contributed by atoms with Crippen LogP contribution >= 0.6 is 22.9 Å². The number of aromatic nitrogens is 3. The van der Waals surface area contributed by atoms with Crippen LogP contribution in [0.4, 0.5) is 5.82 Å². The molecule has 7 nitrogen and oxygen atoms in total. The van der Waals surface area contributed by atoms with E-state index < -0.39 is 17.7 Å². The van der Waals surface area contributed by atoms with E-state index >= 15 is 0 Å². The molecule has 234 valence electrons. The SMILES string of the molecule is CCOC(=O)C(OC(C)(C)C)c1c(C)cc2nc(-c3ccnc(-c4ccc5nc(NC)ccc5c4)c3)sc2c1-c1ccc(Cl)cc1. The highest BCUT2D eigenvalue weighted by atomic mass is 35.5. The van der Waals surface area contributed by atoms with Gasteiger partial charge in [-0.15, -0.1) is 11.3 Å². The summed E-state index contributed by atoms with van der Waals surface area (Å²) >= 11 is 7.88. The van der Waals surface area contributed by atoms with E-state index in [-0.39, 0.29) is 6.61 Å². The van der Waals surface area contributed by atoms with E-state index in [2.05, 4.69) is 33.5 Å². The van der Waals surface area contributed by atoms with Gasteiger partial charge in [-0.2, -0.15) is 0 Å². The quantitative estimate of drug-likeness (QED) is 0.164. The Morgan fingerprint density at radius 3 is 2.41 bits per heavy atom. The van der Waals surface area contributed by atoms with E-state index in [0.717, 1.165) is 71.0 Å². The first kappa shape index (κ1) is 31.6. The predicted molar refractivity (Wildman–Crippen MR) is 189 cm³/mol. The van der Waals surface area contributed by atoms with Gasteiger partial charge in [0, 0.05) is 45.9 Å².